The molecule has 0 aliphatic heterocycles. The molecule has 3 heteroatoms. The Balaban J connectivity index is 0.000000845. The van der Waals surface area contributed by atoms with Crippen molar-refractivity contribution < 1.29 is 10.2 Å². The van der Waals surface area contributed by atoms with E-state index in [0.29, 0.717) is 0 Å². The van der Waals surface area contributed by atoms with Crippen LogP contribution < -0.4 is 0 Å². The van der Waals surface area contributed by atoms with Gasteiger partial charge < -0.3 is 10.2 Å². The molecule has 0 amide bonds. The van der Waals surface area contributed by atoms with Gasteiger partial charge in [0, 0.05) is 29.6 Å². The molecule has 0 atom stereocenters. The van der Waals surface area contributed by atoms with Crippen LogP contribution >= 0.6 is 0 Å². The molecule has 13 heavy (non-hydrogen) atoms. The van der Waals surface area contributed by atoms with Crippen molar-refractivity contribution in [3.63, 3.8) is 0 Å². The van der Waals surface area contributed by atoms with E-state index < -0.39 is 0 Å². The summed E-state index contributed by atoms with van der Waals surface area (Å²) in [5, 5.41) is 20.1. The van der Waals surface area contributed by atoms with E-state index in [-0.39, 0.29) is 41.1 Å². The van der Waals surface area contributed by atoms with Gasteiger partial charge in [-0.3, -0.25) is 0 Å². The van der Waals surface area contributed by atoms with Crippen molar-refractivity contribution in [1.29, 1.82) is 0 Å². The molecule has 0 saturated heterocycles. The minimum Gasteiger partial charge on any atom is -0.508 e. The van der Waals surface area contributed by atoms with Crippen molar-refractivity contribution >= 4 is 40.3 Å². The summed E-state index contributed by atoms with van der Waals surface area (Å²) in [7, 11) is 0. The summed E-state index contributed by atoms with van der Waals surface area (Å²) in [6, 6.07) is 10.1. The van der Waals surface area contributed by atoms with Crippen molar-refractivity contribution in [3.05, 3.63) is 36.4 Å². The van der Waals surface area contributed by atoms with Gasteiger partial charge in [0.1, 0.15) is 11.5 Å². The van der Waals surface area contributed by atoms with E-state index >= 15 is 0 Å². The summed E-state index contributed by atoms with van der Waals surface area (Å²) in [4.78, 5) is 0. The summed E-state index contributed by atoms with van der Waals surface area (Å²) in [5.41, 5.74) is 0. The van der Waals surface area contributed by atoms with Crippen LogP contribution in [-0.4, -0.2) is 39.8 Å². The monoisotopic (exact) mass is 183 g/mol. The summed E-state index contributed by atoms with van der Waals surface area (Å²) < 4.78 is 0. The second-order valence-corrected chi connectivity index (χ2v) is 2.72. The van der Waals surface area contributed by atoms with Gasteiger partial charge in [-0.05, 0) is 35.0 Å². The summed E-state index contributed by atoms with van der Waals surface area (Å²) in [6.07, 6.45) is 0. The van der Waals surface area contributed by atoms with Crippen LogP contribution in [0.2, 0.25) is 0 Å². The second-order valence-electron chi connectivity index (χ2n) is 2.72. The molecule has 0 spiro atoms. The van der Waals surface area contributed by atoms with Crippen LogP contribution in [0.4, 0.5) is 0 Å². The van der Waals surface area contributed by atoms with Crippen LogP contribution in [0.5, 0.6) is 11.5 Å². The maximum absolute atomic E-state index is 9.14. The summed E-state index contributed by atoms with van der Waals surface area (Å²) in [6.45, 7) is 0. The van der Waals surface area contributed by atoms with Crippen LogP contribution in [0.15, 0.2) is 36.4 Å². The standard InChI is InChI=1S/C10H8O2.Na/c11-9-3-1-7-5-10(12)4-2-8(7)6-9;/h1-6,11-12H;. The quantitative estimate of drug-likeness (QED) is 0.612. The van der Waals surface area contributed by atoms with Crippen molar-refractivity contribution in [2.75, 3.05) is 0 Å². The molecule has 0 fully saturated rings. The number of benzene rings is 2. The summed E-state index contributed by atoms with van der Waals surface area (Å²) >= 11 is 0. The van der Waals surface area contributed by atoms with Gasteiger partial charge in [-0.1, -0.05) is 12.1 Å². The predicted octanol–water partition coefficient (Wildman–Crippen LogP) is 1.87. The molecule has 1 radical (unpaired) electrons. The Morgan fingerprint density at radius 3 is 1.46 bits per heavy atom. The Morgan fingerprint density at radius 2 is 1.08 bits per heavy atom. The van der Waals surface area contributed by atoms with E-state index in [1.807, 2.05) is 0 Å². The molecule has 2 aromatic rings. The molecule has 0 aliphatic rings. The zero-order valence-electron chi connectivity index (χ0n) is 7.36. The third-order valence-electron chi connectivity index (χ3n) is 1.81. The molecule has 0 bridgehead atoms. The Morgan fingerprint density at radius 1 is 0.692 bits per heavy atom. The minimum atomic E-state index is 0. The number of phenolic OH excluding ortho intramolecular Hbond substituents is 2. The van der Waals surface area contributed by atoms with E-state index in [1.54, 1.807) is 36.4 Å². The first-order chi connectivity index (χ1) is 5.75. The molecule has 61 valence electrons. The van der Waals surface area contributed by atoms with Gasteiger partial charge in [0.05, 0.1) is 0 Å². The molecule has 0 aliphatic carbocycles. The molecule has 2 nitrogen and oxygen atoms in total. The first kappa shape index (κ1) is 10.4. The van der Waals surface area contributed by atoms with Gasteiger partial charge in [0.25, 0.3) is 0 Å². The molecule has 0 saturated carbocycles. The second kappa shape index (κ2) is 4.01. The van der Waals surface area contributed by atoms with Crippen LogP contribution in [-0.2, 0) is 0 Å². The van der Waals surface area contributed by atoms with E-state index in [9.17, 15) is 0 Å². The maximum atomic E-state index is 9.14. The van der Waals surface area contributed by atoms with Gasteiger partial charge in [-0.25, -0.2) is 0 Å². The third-order valence-corrected chi connectivity index (χ3v) is 1.81. The van der Waals surface area contributed by atoms with Crippen LogP contribution in [0, 0.1) is 0 Å². The first-order valence-corrected chi connectivity index (χ1v) is 3.67. The number of phenols is 2. The largest absolute Gasteiger partial charge is 0.508 e. The van der Waals surface area contributed by atoms with Gasteiger partial charge in [-0.2, -0.15) is 0 Å². The Hall–Kier alpha value is -0.700. The van der Waals surface area contributed by atoms with E-state index in [4.69, 9.17) is 10.2 Å². The van der Waals surface area contributed by atoms with Crippen LogP contribution in [0.25, 0.3) is 10.8 Å². The van der Waals surface area contributed by atoms with Crippen molar-refractivity contribution in [1.82, 2.24) is 0 Å². The molecule has 2 aromatic carbocycles. The average Bonchev–Trinajstić information content (AvgIpc) is 2.05. The molecule has 0 aromatic heterocycles. The van der Waals surface area contributed by atoms with E-state index in [2.05, 4.69) is 0 Å². The Labute approximate surface area is 98.1 Å². The fourth-order valence-corrected chi connectivity index (χ4v) is 1.22. The maximum Gasteiger partial charge on any atom is 0.116 e. The van der Waals surface area contributed by atoms with Crippen LogP contribution in [0.3, 0.4) is 0 Å². The fraction of sp³-hybridized carbons (Fsp3) is 0. The van der Waals surface area contributed by atoms with E-state index in [1.165, 1.54) is 0 Å². The molecule has 2 rings (SSSR count). The number of fused-ring (bicyclic) bond motifs is 1. The smallest absolute Gasteiger partial charge is 0.116 e. The molecular weight excluding hydrogens is 175 g/mol. The minimum absolute atomic E-state index is 0. The van der Waals surface area contributed by atoms with Gasteiger partial charge in [0.15, 0.2) is 0 Å². The Kier molecular flexibility index (Phi) is 3.20. The SMILES string of the molecule is Oc1ccc2cc(O)ccc2c1.[Na]. The molecular formula is C10H8NaO2. The summed E-state index contributed by atoms with van der Waals surface area (Å²) in [5.74, 6) is 0.487. The topological polar surface area (TPSA) is 40.5 Å². The zero-order valence-corrected chi connectivity index (χ0v) is 9.36. The number of rotatable bonds is 0. The van der Waals surface area contributed by atoms with Crippen molar-refractivity contribution in [2.24, 2.45) is 0 Å². The number of aromatic hydroxyl groups is 2. The zero-order chi connectivity index (χ0) is 8.55. The fourth-order valence-electron chi connectivity index (χ4n) is 1.22. The van der Waals surface area contributed by atoms with Gasteiger partial charge >= 0.3 is 0 Å². The predicted molar refractivity (Wildman–Crippen MR) is 53.0 cm³/mol. The number of hydrogen-bond acceptors (Lipinski definition) is 2. The van der Waals surface area contributed by atoms with Crippen molar-refractivity contribution in [3.8, 4) is 11.5 Å². The van der Waals surface area contributed by atoms with Gasteiger partial charge in [0.2, 0.25) is 0 Å². The molecule has 0 unspecified atom stereocenters. The van der Waals surface area contributed by atoms with E-state index in [0.717, 1.165) is 10.8 Å². The van der Waals surface area contributed by atoms with Crippen molar-refractivity contribution in [2.45, 2.75) is 0 Å². The normalized spacial score (nSPS) is 9.54. The molecule has 0 heterocycles. The molecule has 2 N–H and O–H groups in total. The van der Waals surface area contributed by atoms with Crippen LogP contribution in [0.1, 0.15) is 0 Å². The first-order valence-electron chi connectivity index (χ1n) is 3.67. The Bertz CT molecular complexity index is 385. The third kappa shape index (κ3) is 2.15. The average molecular weight is 183 g/mol. The van der Waals surface area contributed by atoms with Gasteiger partial charge in [-0.15, -0.1) is 0 Å². The number of hydrogen-bond donors (Lipinski definition) is 2.